The lowest BCUT2D eigenvalue weighted by atomic mass is 9.74. The molecule has 4 nitrogen and oxygen atoms in total. The van der Waals surface area contributed by atoms with Gasteiger partial charge < -0.3 is 15.6 Å². The van der Waals surface area contributed by atoms with Gasteiger partial charge in [0.1, 0.15) is 12.4 Å². The van der Waals surface area contributed by atoms with Gasteiger partial charge in [-0.1, -0.05) is 58.6 Å². The molecule has 0 saturated carbocycles. The van der Waals surface area contributed by atoms with Crippen molar-refractivity contribution in [3.8, 4) is 5.75 Å². The van der Waals surface area contributed by atoms with E-state index in [1.807, 2.05) is 32.1 Å². The van der Waals surface area contributed by atoms with Crippen molar-refractivity contribution in [2.24, 2.45) is 5.73 Å². The maximum Gasteiger partial charge on any atom is 0.248 e. The van der Waals surface area contributed by atoms with E-state index in [4.69, 9.17) is 10.5 Å². The highest BCUT2D eigenvalue weighted by Gasteiger charge is 2.34. The fraction of sp³-hybridized carbons (Fsp3) is 0.464. The number of hydrogen-bond donors (Lipinski definition) is 2. The van der Waals surface area contributed by atoms with E-state index in [0.717, 1.165) is 29.7 Å². The van der Waals surface area contributed by atoms with Crippen molar-refractivity contribution in [1.82, 2.24) is 0 Å². The number of benzene rings is 1. The number of carbonyl (C=O) groups excluding carboxylic acids is 1. The predicted molar refractivity (Wildman–Crippen MR) is 141 cm³/mol. The van der Waals surface area contributed by atoms with Crippen LogP contribution in [0.1, 0.15) is 64.5 Å². The van der Waals surface area contributed by atoms with E-state index in [2.05, 4.69) is 45.6 Å². The van der Waals surface area contributed by atoms with Crippen LogP contribution in [0.5, 0.6) is 5.75 Å². The molecule has 33 heavy (non-hydrogen) atoms. The third kappa shape index (κ3) is 6.42. The number of aliphatic hydroxyl groups is 1. The molecule has 1 aliphatic rings. The third-order valence-electron chi connectivity index (χ3n) is 6.84. The molecule has 5 heteroatoms. The highest BCUT2D eigenvalue weighted by molar-refractivity contribution is 8.03. The molecule has 0 fully saturated rings. The Morgan fingerprint density at radius 1 is 1.15 bits per heavy atom. The molecule has 0 saturated heterocycles. The molecule has 180 valence electrons. The van der Waals surface area contributed by atoms with E-state index in [9.17, 15) is 9.90 Å². The Hall–Kier alpha value is -2.24. The first-order chi connectivity index (χ1) is 15.6. The molecule has 3 N–H and O–H groups in total. The zero-order chi connectivity index (χ0) is 24.6. The fourth-order valence-electron chi connectivity index (χ4n) is 4.13. The number of aryl methyl sites for hydroxylation is 1. The zero-order valence-electron chi connectivity index (χ0n) is 20.7. The number of ether oxygens (including phenoxy) is 1. The standard InChI is InChI=1S/C28H39NO3S/c1-7-27(31,8-2)19-32-24-14-13-23(18-21(24)6)28(9-3,10-4)25-17-20(5)11-12-22(26(29)30)15-16-33-25/h11-15,17-18,31H,5,7-10,16,19H2,1-4,6H3,(H2,29,30)/b12-11-,22-15+,25-17-. The van der Waals surface area contributed by atoms with E-state index in [1.54, 1.807) is 17.8 Å². The van der Waals surface area contributed by atoms with E-state index >= 15 is 0 Å². The number of rotatable bonds is 10. The van der Waals surface area contributed by atoms with Gasteiger partial charge in [-0.25, -0.2) is 0 Å². The summed E-state index contributed by atoms with van der Waals surface area (Å²) in [4.78, 5) is 12.9. The molecule has 2 rings (SSSR count). The van der Waals surface area contributed by atoms with Crippen LogP contribution in [-0.2, 0) is 10.2 Å². The summed E-state index contributed by atoms with van der Waals surface area (Å²) in [5.74, 6) is 1.04. The first-order valence-electron chi connectivity index (χ1n) is 11.8. The minimum absolute atomic E-state index is 0.177. The molecule has 0 aliphatic carbocycles. The molecular formula is C28H39NO3S. The van der Waals surface area contributed by atoms with Gasteiger partial charge in [-0.3, -0.25) is 4.79 Å². The van der Waals surface area contributed by atoms with E-state index < -0.39 is 11.5 Å². The van der Waals surface area contributed by atoms with Crippen molar-refractivity contribution in [1.29, 1.82) is 0 Å². The lowest BCUT2D eigenvalue weighted by Crippen LogP contribution is -2.34. The van der Waals surface area contributed by atoms with Crippen LogP contribution in [-0.4, -0.2) is 29.0 Å². The molecule has 0 atom stereocenters. The van der Waals surface area contributed by atoms with Crippen molar-refractivity contribution in [3.63, 3.8) is 0 Å². The maximum absolute atomic E-state index is 11.7. The number of hydrogen-bond acceptors (Lipinski definition) is 4. The first kappa shape index (κ1) is 27.0. The normalized spacial score (nSPS) is 19.4. The first-order valence-corrected chi connectivity index (χ1v) is 12.8. The molecule has 0 radical (unpaired) electrons. The minimum Gasteiger partial charge on any atom is -0.490 e. The Morgan fingerprint density at radius 3 is 2.36 bits per heavy atom. The van der Waals surface area contributed by atoms with Crippen LogP contribution in [0, 0.1) is 6.92 Å². The van der Waals surface area contributed by atoms with Gasteiger partial charge in [0.2, 0.25) is 5.91 Å². The summed E-state index contributed by atoms with van der Waals surface area (Å²) in [6, 6.07) is 6.37. The van der Waals surface area contributed by atoms with Crippen LogP contribution < -0.4 is 10.5 Å². The number of carbonyl (C=O) groups is 1. The summed E-state index contributed by atoms with van der Waals surface area (Å²) in [5, 5.41) is 10.6. The Kier molecular flexibility index (Phi) is 9.62. The number of thioether (sulfide) groups is 1. The van der Waals surface area contributed by atoms with Crippen LogP contribution in [0.2, 0.25) is 0 Å². The van der Waals surface area contributed by atoms with Crippen LogP contribution >= 0.6 is 11.8 Å². The smallest absolute Gasteiger partial charge is 0.248 e. The average molecular weight is 470 g/mol. The van der Waals surface area contributed by atoms with Crippen LogP contribution in [0.4, 0.5) is 0 Å². The lowest BCUT2D eigenvalue weighted by Gasteiger charge is -2.35. The number of primary amides is 1. The molecule has 0 bridgehead atoms. The average Bonchev–Trinajstić information content (AvgIpc) is 2.90. The second-order valence-electron chi connectivity index (χ2n) is 8.74. The Bertz CT molecular complexity index is 950. The molecule has 1 aromatic rings. The monoisotopic (exact) mass is 469 g/mol. The van der Waals surface area contributed by atoms with Crippen molar-refractivity contribution < 1.29 is 14.6 Å². The second kappa shape index (κ2) is 11.8. The van der Waals surface area contributed by atoms with Crippen molar-refractivity contribution in [3.05, 3.63) is 76.3 Å². The van der Waals surface area contributed by atoms with Gasteiger partial charge in [-0.05, 0) is 72.4 Å². The minimum atomic E-state index is -0.800. The van der Waals surface area contributed by atoms with Crippen LogP contribution in [0.3, 0.4) is 0 Å². The molecule has 1 aliphatic heterocycles. The highest BCUT2D eigenvalue weighted by Crippen LogP contribution is 2.46. The summed E-state index contributed by atoms with van der Waals surface area (Å²) < 4.78 is 6.02. The van der Waals surface area contributed by atoms with Gasteiger partial charge in [-0.2, -0.15) is 0 Å². The Morgan fingerprint density at radius 2 is 1.82 bits per heavy atom. The Balaban J connectivity index is 2.41. The van der Waals surface area contributed by atoms with Crippen molar-refractivity contribution in [2.45, 2.75) is 71.3 Å². The SMILES string of the molecule is C=C1/C=C\C(C(N)=O)=C/CS/C(C(CC)(CC)c2ccc(OCC(O)(CC)CC)c(C)c2)=C\1. The maximum atomic E-state index is 11.7. The van der Waals surface area contributed by atoms with Gasteiger partial charge in [0.05, 0.1) is 5.60 Å². The van der Waals surface area contributed by atoms with Crippen LogP contribution in [0.25, 0.3) is 0 Å². The number of nitrogens with two attached hydrogens (primary N) is 1. The van der Waals surface area contributed by atoms with E-state index in [-0.39, 0.29) is 12.0 Å². The molecule has 1 aromatic carbocycles. The zero-order valence-corrected chi connectivity index (χ0v) is 21.6. The molecular weight excluding hydrogens is 430 g/mol. The molecule has 1 heterocycles. The predicted octanol–water partition coefficient (Wildman–Crippen LogP) is 6.14. The largest absolute Gasteiger partial charge is 0.490 e. The van der Waals surface area contributed by atoms with E-state index in [1.165, 1.54) is 10.5 Å². The van der Waals surface area contributed by atoms with Crippen molar-refractivity contribution in [2.75, 3.05) is 12.4 Å². The number of amides is 1. The van der Waals surface area contributed by atoms with E-state index in [0.29, 0.717) is 24.2 Å². The lowest BCUT2D eigenvalue weighted by molar-refractivity contribution is -0.114. The third-order valence-corrected chi connectivity index (χ3v) is 7.99. The summed E-state index contributed by atoms with van der Waals surface area (Å²) >= 11 is 1.73. The van der Waals surface area contributed by atoms with Gasteiger partial charge in [0.25, 0.3) is 0 Å². The van der Waals surface area contributed by atoms with Gasteiger partial charge >= 0.3 is 0 Å². The summed E-state index contributed by atoms with van der Waals surface area (Å²) in [5.41, 5.74) is 8.16. The Labute approximate surface area is 203 Å². The van der Waals surface area contributed by atoms with Crippen LogP contribution in [0.15, 0.2) is 65.1 Å². The molecule has 0 spiro atoms. The summed E-state index contributed by atoms with van der Waals surface area (Å²) in [7, 11) is 0. The van der Waals surface area contributed by atoms with Gasteiger partial charge in [-0.15, -0.1) is 11.8 Å². The second-order valence-corrected chi connectivity index (χ2v) is 9.80. The highest BCUT2D eigenvalue weighted by atomic mass is 32.2. The fourth-order valence-corrected chi connectivity index (χ4v) is 5.49. The quantitative estimate of drug-likeness (QED) is 0.432. The van der Waals surface area contributed by atoms with Gasteiger partial charge in [0, 0.05) is 16.7 Å². The summed E-state index contributed by atoms with van der Waals surface area (Å²) in [6.07, 6.45) is 10.8. The number of allylic oxidation sites excluding steroid dienone is 4. The molecule has 0 aromatic heterocycles. The molecule has 1 amide bonds. The topological polar surface area (TPSA) is 72.6 Å². The molecule has 0 unspecified atom stereocenters. The van der Waals surface area contributed by atoms with Gasteiger partial charge in [0.15, 0.2) is 0 Å². The van der Waals surface area contributed by atoms with Crippen molar-refractivity contribution >= 4 is 17.7 Å². The summed E-state index contributed by atoms with van der Waals surface area (Å²) in [6.45, 7) is 14.9.